The number of nitrogen functional groups attached to an aromatic ring is 1. The van der Waals surface area contributed by atoms with Crippen molar-refractivity contribution in [3.63, 3.8) is 0 Å². The van der Waals surface area contributed by atoms with E-state index in [-0.39, 0.29) is 46.3 Å². The molecule has 2 aromatic carbocycles. The lowest BCUT2D eigenvalue weighted by atomic mass is 9.92. The molecule has 406 valence electrons. The number of amides is 2. The summed E-state index contributed by atoms with van der Waals surface area (Å²) < 4.78 is 5.38. The minimum Gasteiger partial charge on any atom is -0.444 e. The molecule has 0 aliphatic carbocycles. The van der Waals surface area contributed by atoms with Crippen molar-refractivity contribution in [1.29, 1.82) is 5.53 Å². The molecule has 2 atom stereocenters. The number of ketones is 1. The van der Waals surface area contributed by atoms with E-state index in [0.717, 1.165) is 21.9 Å². The number of nitrogens with zero attached hydrogens (tertiary/aromatic N) is 5. The SMILES string of the molecule is C#CC#CC#CC#CC#CC#CC#CC#CC#CC#CC#CC#CC#CC#CC.CC[C@H](CC(=O)[C@@H](CCc1ccccc1)NC(=O)OC(C)(C)C)C(=O)NCc1ccc2c(N)nccc2c1.N=N/N=N/N(OO)OO.[HH].[HH].[HH].[HH].[HH].[HH].[HH].[HH].[HH].[HH].[HH].[HH].[HH].[HH].[HH].[HH]. The number of aryl methyl sites for hydroxylation is 1. The van der Waals surface area contributed by atoms with E-state index < -0.39 is 23.7 Å². The van der Waals surface area contributed by atoms with E-state index in [9.17, 15) is 14.4 Å². The van der Waals surface area contributed by atoms with Crippen molar-refractivity contribution >= 4 is 34.4 Å². The summed E-state index contributed by atoms with van der Waals surface area (Å²) in [7, 11) is 0. The first-order valence-corrected chi connectivity index (χ1v) is 21.9. The van der Waals surface area contributed by atoms with Crippen LogP contribution in [0.5, 0.6) is 0 Å². The fourth-order valence-corrected chi connectivity index (χ4v) is 5.14. The van der Waals surface area contributed by atoms with Crippen LogP contribution in [0, 0.1) is 178 Å². The van der Waals surface area contributed by atoms with Crippen molar-refractivity contribution in [3.8, 4) is 166 Å². The molecule has 0 aliphatic heterocycles. The number of nitrogens with two attached hydrogens (primary N) is 1. The number of benzene rings is 2. The maximum Gasteiger partial charge on any atom is 0.408 e. The number of carbonyl (C=O) groups excluding carboxylic acids is 3. The number of hydrogen-bond donors (Lipinski definition) is 6. The minimum atomic E-state index is -0.758. The summed E-state index contributed by atoms with van der Waals surface area (Å²) in [4.78, 5) is 49.2. The molecule has 1 aromatic heterocycles. The number of nitrogens with one attached hydrogen (secondary N) is 3. The van der Waals surface area contributed by atoms with Crippen molar-refractivity contribution in [2.75, 3.05) is 5.73 Å². The summed E-state index contributed by atoms with van der Waals surface area (Å²) in [5.74, 6) is 66.4. The zero-order valence-electron chi connectivity index (χ0n) is 41.7. The lowest BCUT2D eigenvalue weighted by Gasteiger charge is -2.24. The lowest BCUT2D eigenvalue weighted by molar-refractivity contribution is -0.587. The van der Waals surface area contributed by atoms with Gasteiger partial charge in [-0.3, -0.25) is 9.59 Å². The van der Waals surface area contributed by atoms with E-state index in [1.54, 1.807) is 33.9 Å². The second kappa shape index (κ2) is 40.5. The molecule has 0 aliphatic rings. The van der Waals surface area contributed by atoms with Crippen LogP contribution < -0.4 is 16.4 Å². The third kappa shape index (κ3) is 31.8. The zero-order chi connectivity index (χ0) is 55.9. The topological polar surface area (TPSA) is 246 Å². The molecule has 2 amide bonds. The van der Waals surface area contributed by atoms with E-state index in [1.807, 2.05) is 61.5 Å². The highest BCUT2D eigenvalue weighted by molar-refractivity contribution is 5.92. The van der Waals surface area contributed by atoms with E-state index in [4.69, 9.17) is 32.9 Å². The summed E-state index contributed by atoms with van der Waals surface area (Å²) in [5, 5.41) is 30.2. The Kier molecular flexibility index (Phi) is 33.4. The first kappa shape index (κ1) is 62.8. The number of aromatic nitrogens is 1. The first-order valence-electron chi connectivity index (χ1n) is 21.9. The Labute approximate surface area is 466 Å². The summed E-state index contributed by atoms with van der Waals surface area (Å²) in [6.07, 6.45) is 7.47. The molecule has 76 heavy (non-hydrogen) atoms. The number of hydrogen-bond acceptors (Lipinski definition) is 12. The number of terminal acetylenes is 1. The van der Waals surface area contributed by atoms with Crippen LogP contribution >= 0.6 is 0 Å². The number of alkyl carbamates (subject to hydrolysis) is 1. The fourth-order valence-electron chi connectivity index (χ4n) is 5.14. The second-order valence-corrected chi connectivity index (χ2v) is 14.7. The van der Waals surface area contributed by atoms with Crippen LogP contribution in [0.1, 0.15) is 87.8 Å². The Balaban J connectivity index is -0.0000000696. The van der Waals surface area contributed by atoms with Crippen molar-refractivity contribution in [3.05, 3.63) is 71.9 Å². The largest absolute Gasteiger partial charge is 0.444 e. The van der Waals surface area contributed by atoms with Gasteiger partial charge in [0.25, 0.3) is 0 Å². The Morgan fingerprint density at radius 2 is 1.26 bits per heavy atom. The summed E-state index contributed by atoms with van der Waals surface area (Å²) in [6, 6.07) is 16.6. The number of anilines is 1. The third-order valence-electron chi connectivity index (χ3n) is 8.28. The molecule has 3 rings (SSSR count). The van der Waals surface area contributed by atoms with Crippen molar-refractivity contribution < 1.29 is 62.4 Å². The maximum absolute atomic E-state index is 13.3. The fraction of sp³-hybridized carbons (Fsp3) is 0.220. The number of fused-ring (bicyclic) bond motifs is 1. The van der Waals surface area contributed by atoms with Gasteiger partial charge in [-0.1, -0.05) is 65.3 Å². The standard InChI is InChI=1S/C30H38N4O4.C29H4.H3N5O4.16H2/c1-5-22(28(36)33-19-21-11-13-24-23(17-21)15-16-32-27(24)31)18-26(35)25(34-29(37)38-30(2,3)4)14-12-20-9-7-6-8-10-20;1-3-5-7-9-11-13-15-17-19-21-23-25-27-29-28-26-24-22-20-18-16-14-12-10-8-6-4-2;1-2-3-4-5(8-6)9-7;;;;;;;;;;;;;;;;/h6-11,13,15-17,22,25H,5,12,14,18-19H2,1-4H3,(H2,31,32)(H,33,36)(H,34,37);1H,2H3;1,6-7H;16*1H/b;;2-1?,4-3+;;;;;;;;;;;;;;;;/t22-,25-;;;;;;;;;;;;;;;;;;/m1................../s1. The average Bonchev–Trinajstić information content (AvgIpc) is 3.41. The highest BCUT2D eigenvalue weighted by Crippen LogP contribution is 2.21. The molecule has 17 heteroatoms. The van der Waals surface area contributed by atoms with Crippen LogP contribution in [0.15, 0.2) is 76.5 Å². The van der Waals surface area contributed by atoms with E-state index >= 15 is 0 Å². The molecule has 7 N–H and O–H groups in total. The van der Waals surface area contributed by atoms with E-state index in [1.165, 1.54) is 0 Å². The molecule has 0 unspecified atom stereocenters. The van der Waals surface area contributed by atoms with Crippen LogP contribution in [0.25, 0.3) is 10.8 Å². The molecule has 0 radical (unpaired) electrons. The maximum atomic E-state index is 13.3. The quantitative estimate of drug-likeness (QED) is 0.0362. The van der Waals surface area contributed by atoms with E-state index in [2.05, 4.69) is 201 Å². The van der Waals surface area contributed by atoms with Gasteiger partial charge in [0.1, 0.15) is 11.4 Å². The molecule has 0 bridgehead atoms. The normalized spacial score (nSPS) is 9.13. The van der Waals surface area contributed by atoms with Gasteiger partial charge in [-0.05, 0) is 181 Å². The van der Waals surface area contributed by atoms with Crippen LogP contribution in [-0.4, -0.2) is 50.3 Å². The predicted octanol–water partition coefficient (Wildman–Crippen LogP) is 9.98. The molecule has 3 aromatic rings. The molecule has 0 fully saturated rings. The van der Waals surface area contributed by atoms with Gasteiger partial charge in [0.2, 0.25) is 5.91 Å². The molecular weight excluding hydrogens is 963 g/mol. The van der Waals surface area contributed by atoms with Crippen molar-refractivity contribution in [1.82, 2.24) is 21.0 Å². The zero-order valence-corrected chi connectivity index (χ0v) is 41.7. The van der Waals surface area contributed by atoms with Gasteiger partial charge in [-0.2, -0.15) is 5.53 Å². The highest BCUT2D eigenvalue weighted by Gasteiger charge is 2.28. The lowest BCUT2D eigenvalue weighted by Crippen LogP contribution is -2.45. The van der Waals surface area contributed by atoms with Gasteiger partial charge in [0.05, 0.1) is 11.4 Å². The number of rotatable bonds is 15. The van der Waals surface area contributed by atoms with Gasteiger partial charge in [0, 0.05) is 118 Å². The molecule has 0 saturated heterocycles. The Morgan fingerprint density at radius 3 is 1.71 bits per heavy atom. The monoisotopic (exact) mass is 1040 g/mol. The highest BCUT2D eigenvalue weighted by atomic mass is 17.4. The Morgan fingerprint density at radius 1 is 0.763 bits per heavy atom. The van der Waals surface area contributed by atoms with E-state index in [0.29, 0.717) is 31.6 Å². The van der Waals surface area contributed by atoms with Crippen LogP contribution in [0.2, 0.25) is 0 Å². The summed E-state index contributed by atoms with van der Waals surface area (Å²) >= 11 is 0. The van der Waals surface area contributed by atoms with Gasteiger partial charge < -0.3 is 21.1 Å². The Bertz CT molecular complexity index is 3540. The number of ether oxygens (including phenoxy) is 1. The van der Waals surface area contributed by atoms with Gasteiger partial charge >= 0.3 is 6.09 Å². The number of carbonyl (C=O) groups is 3. The third-order valence-corrected chi connectivity index (χ3v) is 8.28. The van der Waals surface area contributed by atoms with Crippen molar-refractivity contribution in [2.45, 2.75) is 78.5 Å². The Hall–Kier alpha value is -11.3. The number of pyridine rings is 1. The average molecular weight is 1040 g/mol. The van der Waals surface area contributed by atoms with Gasteiger partial charge in [0.15, 0.2) is 5.78 Å². The smallest absolute Gasteiger partial charge is 0.408 e. The van der Waals surface area contributed by atoms with Gasteiger partial charge in [-0.15, -0.1) is 6.42 Å². The molecule has 1 heterocycles. The predicted molar refractivity (Wildman–Crippen MR) is 318 cm³/mol. The van der Waals surface area contributed by atoms with Crippen molar-refractivity contribution in [2.24, 2.45) is 21.6 Å². The van der Waals surface area contributed by atoms with Crippen LogP contribution in [0.3, 0.4) is 0 Å². The molecule has 0 saturated carbocycles. The molecular formula is C59H77N9O8. The number of Topliss-reactive ketones (excluding diaryl/α,β-unsaturated/α-hetero) is 1. The summed E-state index contributed by atoms with van der Waals surface area (Å²) in [5.41, 5.74) is 13.2. The van der Waals surface area contributed by atoms with Crippen LogP contribution in [0.4, 0.5) is 10.6 Å². The summed E-state index contributed by atoms with van der Waals surface area (Å²) in [6.45, 7) is 9.21. The van der Waals surface area contributed by atoms with Gasteiger partial charge in [-0.25, -0.2) is 20.3 Å². The second-order valence-electron chi connectivity index (χ2n) is 14.7. The van der Waals surface area contributed by atoms with Crippen LogP contribution in [-0.2, 0) is 37.3 Å². The first-order chi connectivity index (χ1) is 36.8. The minimum absolute atomic E-state index is 0. The molecule has 0 spiro atoms. The molecule has 17 nitrogen and oxygen atoms in total.